The molecule has 0 saturated heterocycles. The van der Waals surface area contributed by atoms with Gasteiger partial charge in [-0.05, 0) is 81.3 Å². The van der Waals surface area contributed by atoms with Crippen LogP contribution in [0.3, 0.4) is 0 Å². The lowest BCUT2D eigenvalue weighted by molar-refractivity contribution is 0.260. The third-order valence-corrected chi connectivity index (χ3v) is 5.58. The largest absolute Gasteiger partial charge is 0.489 e. The van der Waals surface area contributed by atoms with Crippen molar-refractivity contribution in [1.82, 2.24) is 10.2 Å². The van der Waals surface area contributed by atoms with E-state index in [0.717, 1.165) is 53.0 Å². The van der Waals surface area contributed by atoms with E-state index in [9.17, 15) is 0 Å². The summed E-state index contributed by atoms with van der Waals surface area (Å²) in [5, 5.41) is 5.01. The molecule has 0 aliphatic rings. The maximum absolute atomic E-state index is 6.23. The molecule has 0 aromatic heterocycles. The van der Waals surface area contributed by atoms with Gasteiger partial charge in [-0.3, -0.25) is 0 Å². The minimum Gasteiger partial charge on any atom is -0.489 e. The third-order valence-electron chi connectivity index (χ3n) is 5.11. The Morgan fingerprint density at radius 2 is 1.57 bits per heavy atom. The Morgan fingerprint density at radius 1 is 0.867 bits per heavy atom. The Hall–Kier alpha value is -1.26. The van der Waals surface area contributed by atoms with Gasteiger partial charge in [-0.25, -0.2) is 0 Å². The highest BCUT2D eigenvalue weighted by molar-refractivity contribution is 6.30. The van der Waals surface area contributed by atoms with Crippen LogP contribution in [0.4, 0.5) is 0 Å². The highest BCUT2D eigenvalue weighted by atomic mass is 35.5. The molecule has 2 rings (SSSR count). The van der Waals surface area contributed by atoms with Crippen LogP contribution in [-0.4, -0.2) is 31.1 Å². The average Bonchev–Trinajstić information content (AvgIpc) is 2.74. The molecule has 0 saturated carbocycles. The van der Waals surface area contributed by atoms with Gasteiger partial charge in [-0.15, -0.1) is 0 Å². The van der Waals surface area contributed by atoms with Crippen LogP contribution in [-0.2, 0) is 13.2 Å². The normalized spacial score (nSPS) is 11.2. The lowest BCUT2D eigenvalue weighted by Gasteiger charge is -2.22. The van der Waals surface area contributed by atoms with Crippen molar-refractivity contribution in [3.05, 3.63) is 63.6 Å². The minimum absolute atomic E-state index is 0.485. The zero-order chi connectivity index (χ0) is 21.6. The number of nitrogens with one attached hydrogen (secondary N) is 1. The van der Waals surface area contributed by atoms with Crippen molar-refractivity contribution in [2.45, 2.75) is 59.1 Å². The Kier molecular flexibility index (Phi) is 12.2. The molecule has 0 unspecified atom stereocenters. The molecule has 3 nitrogen and oxygen atoms in total. The molecular weight excluding hydrogens is 415 g/mol. The van der Waals surface area contributed by atoms with Crippen LogP contribution in [0.5, 0.6) is 5.75 Å². The van der Waals surface area contributed by atoms with Gasteiger partial charge in [0.2, 0.25) is 0 Å². The fraction of sp³-hybridized carbons (Fsp3) is 0.520. The van der Waals surface area contributed by atoms with Gasteiger partial charge in [0.15, 0.2) is 0 Å². The molecular formula is C25H36Cl2N2O. The summed E-state index contributed by atoms with van der Waals surface area (Å²) in [6.45, 7) is 10.3. The average molecular weight is 451 g/mol. The zero-order valence-electron chi connectivity index (χ0n) is 18.4. The van der Waals surface area contributed by atoms with Crippen molar-refractivity contribution in [2.24, 2.45) is 0 Å². The van der Waals surface area contributed by atoms with Crippen LogP contribution in [0.2, 0.25) is 10.0 Å². The third kappa shape index (κ3) is 9.70. The summed E-state index contributed by atoms with van der Waals surface area (Å²) in [4.78, 5) is 2.60. The van der Waals surface area contributed by atoms with E-state index in [1.165, 1.54) is 38.8 Å². The molecule has 0 atom stereocenters. The fourth-order valence-electron chi connectivity index (χ4n) is 3.36. The molecule has 30 heavy (non-hydrogen) atoms. The Balaban J connectivity index is 1.80. The number of ether oxygens (including phenoxy) is 1. The number of halogens is 2. The second-order valence-corrected chi connectivity index (χ2v) is 8.62. The molecule has 0 aliphatic carbocycles. The maximum atomic E-state index is 6.23. The Morgan fingerprint density at radius 3 is 2.27 bits per heavy atom. The number of unbranched alkanes of at least 4 members (excludes halogenated alkanes) is 2. The summed E-state index contributed by atoms with van der Waals surface area (Å²) in [6, 6.07) is 13.6. The van der Waals surface area contributed by atoms with Crippen molar-refractivity contribution in [3.8, 4) is 5.75 Å². The number of benzene rings is 2. The summed E-state index contributed by atoms with van der Waals surface area (Å²) < 4.78 is 6.05. The molecule has 166 valence electrons. The smallest absolute Gasteiger partial charge is 0.124 e. The van der Waals surface area contributed by atoms with Crippen molar-refractivity contribution in [2.75, 3.05) is 26.2 Å². The summed E-state index contributed by atoms with van der Waals surface area (Å²) in [5.41, 5.74) is 2.13. The lowest BCUT2D eigenvalue weighted by Crippen LogP contribution is -2.29. The molecule has 1 N–H and O–H groups in total. The predicted octanol–water partition coefficient (Wildman–Crippen LogP) is 6.95. The second kappa shape index (κ2) is 14.7. The fourth-order valence-corrected chi connectivity index (χ4v) is 3.77. The number of hydrogen-bond acceptors (Lipinski definition) is 3. The molecule has 0 radical (unpaired) electrons. The molecule has 0 spiro atoms. The Labute approximate surface area is 192 Å². The van der Waals surface area contributed by atoms with Crippen molar-refractivity contribution >= 4 is 23.2 Å². The molecule has 2 aromatic rings. The second-order valence-electron chi connectivity index (χ2n) is 7.75. The SMILES string of the molecule is CCCCN(CCCC)CCCNCc1cc(Cl)ccc1OCc1cccc(Cl)c1. The molecule has 0 amide bonds. The summed E-state index contributed by atoms with van der Waals surface area (Å²) in [5.74, 6) is 0.861. The molecule has 0 heterocycles. The van der Waals surface area contributed by atoms with Gasteiger partial charge in [0.1, 0.15) is 12.4 Å². The van der Waals surface area contributed by atoms with Crippen LogP contribution in [0.25, 0.3) is 0 Å². The van der Waals surface area contributed by atoms with Gasteiger partial charge >= 0.3 is 0 Å². The van der Waals surface area contributed by atoms with Crippen LogP contribution in [0.1, 0.15) is 57.1 Å². The van der Waals surface area contributed by atoms with E-state index in [0.29, 0.717) is 6.61 Å². The summed E-state index contributed by atoms with van der Waals surface area (Å²) >= 11 is 12.3. The van der Waals surface area contributed by atoms with E-state index < -0.39 is 0 Å². The van der Waals surface area contributed by atoms with E-state index in [4.69, 9.17) is 27.9 Å². The van der Waals surface area contributed by atoms with Gasteiger partial charge in [0, 0.05) is 22.2 Å². The summed E-state index contributed by atoms with van der Waals surface area (Å²) in [7, 11) is 0. The van der Waals surface area contributed by atoms with Crippen LogP contribution in [0.15, 0.2) is 42.5 Å². The first-order valence-corrected chi connectivity index (χ1v) is 12.0. The van der Waals surface area contributed by atoms with Gasteiger partial charge in [0.05, 0.1) is 0 Å². The first-order valence-electron chi connectivity index (χ1n) is 11.2. The van der Waals surface area contributed by atoms with Gasteiger partial charge < -0.3 is 15.0 Å². The molecule has 0 fully saturated rings. The minimum atomic E-state index is 0.485. The summed E-state index contributed by atoms with van der Waals surface area (Å²) in [6.07, 6.45) is 6.23. The highest BCUT2D eigenvalue weighted by Gasteiger charge is 2.07. The van der Waals surface area contributed by atoms with Crippen molar-refractivity contribution in [3.63, 3.8) is 0 Å². The standard InChI is InChI=1S/C25H36Cl2N2O/c1-3-5-14-29(15-6-4-2)16-8-13-28-19-22-18-24(27)11-12-25(22)30-20-21-9-7-10-23(26)17-21/h7,9-12,17-18,28H,3-6,8,13-16,19-20H2,1-2H3. The monoisotopic (exact) mass is 450 g/mol. The van der Waals surface area contributed by atoms with Crippen molar-refractivity contribution < 1.29 is 4.74 Å². The molecule has 2 aromatic carbocycles. The quantitative estimate of drug-likeness (QED) is 0.297. The molecule has 0 bridgehead atoms. The first kappa shape index (κ1) is 25.0. The van der Waals surface area contributed by atoms with E-state index in [-0.39, 0.29) is 0 Å². The van der Waals surface area contributed by atoms with Crippen LogP contribution in [0, 0.1) is 0 Å². The lowest BCUT2D eigenvalue weighted by atomic mass is 10.2. The Bertz CT molecular complexity index is 731. The maximum Gasteiger partial charge on any atom is 0.124 e. The molecule has 5 heteroatoms. The first-order chi connectivity index (χ1) is 14.6. The van der Waals surface area contributed by atoms with Gasteiger partial charge in [-0.1, -0.05) is 62.0 Å². The highest BCUT2D eigenvalue weighted by Crippen LogP contribution is 2.24. The predicted molar refractivity (Wildman–Crippen MR) is 130 cm³/mol. The van der Waals surface area contributed by atoms with Gasteiger partial charge in [0.25, 0.3) is 0 Å². The number of rotatable bonds is 15. The van der Waals surface area contributed by atoms with E-state index in [2.05, 4.69) is 24.1 Å². The van der Waals surface area contributed by atoms with Gasteiger partial charge in [-0.2, -0.15) is 0 Å². The van der Waals surface area contributed by atoms with E-state index >= 15 is 0 Å². The number of hydrogen-bond donors (Lipinski definition) is 1. The zero-order valence-corrected chi connectivity index (χ0v) is 19.9. The molecule has 0 aliphatic heterocycles. The van der Waals surface area contributed by atoms with Crippen molar-refractivity contribution in [1.29, 1.82) is 0 Å². The number of nitrogens with zero attached hydrogens (tertiary/aromatic N) is 1. The topological polar surface area (TPSA) is 24.5 Å². The van der Waals surface area contributed by atoms with Crippen LogP contribution < -0.4 is 10.1 Å². The van der Waals surface area contributed by atoms with E-state index in [1.807, 2.05) is 42.5 Å². The van der Waals surface area contributed by atoms with E-state index in [1.54, 1.807) is 0 Å². The van der Waals surface area contributed by atoms with Crippen LogP contribution >= 0.6 is 23.2 Å².